The molecular weight excluding hydrogens is 332 g/mol. The standard InChI is InChI=1S/C11H12N4O3S3/c1-15-7(10(17)18)5(4-12-15)13-8(16)6-9(19-2)14-21-11(6)20-3/h4H,1-3H3,(H,13,16)(H,17,18). The van der Waals surface area contributed by atoms with Gasteiger partial charge in [0.2, 0.25) is 0 Å². The van der Waals surface area contributed by atoms with Crippen molar-refractivity contribution in [3.63, 3.8) is 0 Å². The lowest BCUT2D eigenvalue weighted by Crippen LogP contribution is -2.16. The average Bonchev–Trinajstić information content (AvgIpc) is 3.01. The zero-order valence-electron chi connectivity index (χ0n) is 11.4. The van der Waals surface area contributed by atoms with Gasteiger partial charge in [0, 0.05) is 7.05 Å². The van der Waals surface area contributed by atoms with Gasteiger partial charge in [-0.1, -0.05) is 0 Å². The molecule has 2 N–H and O–H groups in total. The van der Waals surface area contributed by atoms with Gasteiger partial charge in [0.1, 0.15) is 5.03 Å². The Morgan fingerprint density at radius 1 is 1.38 bits per heavy atom. The van der Waals surface area contributed by atoms with Crippen molar-refractivity contribution in [2.45, 2.75) is 9.24 Å². The van der Waals surface area contributed by atoms with Crippen LogP contribution in [0.2, 0.25) is 0 Å². The fourth-order valence-corrected chi connectivity index (χ4v) is 3.98. The number of carboxylic acid groups (broad SMARTS) is 1. The topological polar surface area (TPSA) is 97.1 Å². The van der Waals surface area contributed by atoms with Gasteiger partial charge in [-0.25, -0.2) is 4.79 Å². The minimum Gasteiger partial charge on any atom is -0.476 e. The third-order valence-corrected chi connectivity index (χ3v) is 5.36. The predicted molar refractivity (Wildman–Crippen MR) is 83.8 cm³/mol. The van der Waals surface area contributed by atoms with Crippen molar-refractivity contribution in [1.82, 2.24) is 14.2 Å². The summed E-state index contributed by atoms with van der Waals surface area (Å²) in [5.74, 6) is -1.53. The van der Waals surface area contributed by atoms with Crippen LogP contribution >= 0.6 is 35.1 Å². The zero-order chi connectivity index (χ0) is 15.6. The molecule has 7 nitrogen and oxygen atoms in total. The minimum absolute atomic E-state index is 0.0667. The lowest BCUT2D eigenvalue weighted by atomic mass is 10.3. The SMILES string of the molecule is CSc1nsc(SC)c1C(=O)Nc1cnn(C)c1C(=O)O. The van der Waals surface area contributed by atoms with Gasteiger partial charge in [-0.05, 0) is 24.0 Å². The molecule has 2 aromatic rings. The Bertz CT molecular complexity index is 673. The highest BCUT2D eigenvalue weighted by atomic mass is 32.2. The summed E-state index contributed by atoms with van der Waals surface area (Å²) < 4.78 is 6.21. The van der Waals surface area contributed by atoms with Crippen LogP contribution in [0.1, 0.15) is 20.8 Å². The van der Waals surface area contributed by atoms with Gasteiger partial charge in [-0.3, -0.25) is 9.48 Å². The summed E-state index contributed by atoms with van der Waals surface area (Å²) in [7, 11) is 1.51. The molecule has 0 unspecified atom stereocenters. The predicted octanol–water partition coefficient (Wildman–Crippen LogP) is 2.27. The first-order valence-corrected chi connectivity index (χ1v) is 8.86. The van der Waals surface area contributed by atoms with Gasteiger partial charge in [0.15, 0.2) is 5.69 Å². The maximum absolute atomic E-state index is 12.4. The van der Waals surface area contributed by atoms with Gasteiger partial charge >= 0.3 is 5.97 Å². The molecule has 0 aliphatic carbocycles. The van der Waals surface area contributed by atoms with E-state index in [2.05, 4.69) is 14.8 Å². The number of carboxylic acids is 1. The number of hydrogen-bond acceptors (Lipinski definition) is 7. The maximum Gasteiger partial charge on any atom is 0.356 e. The van der Waals surface area contributed by atoms with Gasteiger partial charge in [0.05, 0.1) is 21.7 Å². The second kappa shape index (κ2) is 6.50. The first-order chi connectivity index (χ1) is 9.99. The monoisotopic (exact) mass is 344 g/mol. The van der Waals surface area contributed by atoms with E-state index in [9.17, 15) is 9.59 Å². The smallest absolute Gasteiger partial charge is 0.356 e. The Balaban J connectivity index is 2.35. The molecule has 0 radical (unpaired) electrons. The highest BCUT2D eigenvalue weighted by Gasteiger charge is 2.23. The molecule has 0 aliphatic rings. The number of aryl methyl sites for hydroxylation is 1. The number of nitrogens with one attached hydrogen (secondary N) is 1. The quantitative estimate of drug-likeness (QED) is 0.803. The first-order valence-electron chi connectivity index (χ1n) is 5.63. The molecule has 10 heteroatoms. The molecule has 21 heavy (non-hydrogen) atoms. The molecule has 2 heterocycles. The van der Waals surface area contributed by atoms with E-state index in [0.717, 1.165) is 4.21 Å². The van der Waals surface area contributed by atoms with Crippen LogP contribution in [0.25, 0.3) is 0 Å². The van der Waals surface area contributed by atoms with Crippen molar-refractivity contribution in [1.29, 1.82) is 0 Å². The van der Waals surface area contributed by atoms with Crippen LogP contribution in [0.4, 0.5) is 5.69 Å². The van der Waals surface area contributed by atoms with Crippen LogP contribution in [0.3, 0.4) is 0 Å². The first kappa shape index (κ1) is 15.9. The molecule has 2 rings (SSSR count). The molecule has 0 saturated carbocycles. The summed E-state index contributed by atoms with van der Waals surface area (Å²) >= 11 is 4.05. The summed E-state index contributed by atoms with van der Waals surface area (Å²) in [6, 6.07) is 0. The van der Waals surface area contributed by atoms with Crippen molar-refractivity contribution < 1.29 is 14.7 Å². The van der Waals surface area contributed by atoms with Crippen LogP contribution in [-0.2, 0) is 7.05 Å². The molecule has 1 amide bonds. The Labute approximate surface area is 133 Å². The number of rotatable bonds is 5. The van der Waals surface area contributed by atoms with Crippen LogP contribution in [0.5, 0.6) is 0 Å². The Kier molecular flexibility index (Phi) is 4.91. The van der Waals surface area contributed by atoms with E-state index < -0.39 is 5.97 Å². The number of thioether (sulfide) groups is 2. The maximum atomic E-state index is 12.4. The number of amides is 1. The number of aromatic nitrogens is 3. The third kappa shape index (κ3) is 3.06. The fourth-order valence-electron chi connectivity index (χ4n) is 1.70. The van der Waals surface area contributed by atoms with E-state index in [0.29, 0.717) is 10.6 Å². The summed E-state index contributed by atoms with van der Waals surface area (Å²) in [5, 5.41) is 16.2. The van der Waals surface area contributed by atoms with E-state index in [-0.39, 0.29) is 17.3 Å². The van der Waals surface area contributed by atoms with Crippen molar-refractivity contribution in [3.8, 4) is 0 Å². The van der Waals surface area contributed by atoms with E-state index in [1.165, 1.54) is 53.0 Å². The molecule has 0 bridgehead atoms. The van der Waals surface area contributed by atoms with Gasteiger partial charge < -0.3 is 10.4 Å². The molecule has 0 atom stereocenters. The van der Waals surface area contributed by atoms with Crippen LogP contribution < -0.4 is 5.32 Å². The van der Waals surface area contributed by atoms with E-state index in [1.807, 2.05) is 12.5 Å². The molecule has 112 valence electrons. The lowest BCUT2D eigenvalue weighted by Gasteiger charge is -2.05. The number of carbonyl (C=O) groups excluding carboxylic acids is 1. The number of hydrogen-bond donors (Lipinski definition) is 2. The molecule has 0 fully saturated rings. The largest absolute Gasteiger partial charge is 0.476 e. The van der Waals surface area contributed by atoms with Gasteiger partial charge in [0.25, 0.3) is 5.91 Å². The Morgan fingerprint density at radius 3 is 2.67 bits per heavy atom. The summed E-state index contributed by atoms with van der Waals surface area (Å²) in [6.07, 6.45) is 5.02. The number of carbonyl (C=O) groups is 2. The minimum atomic E-state index is -1.15. The molecule has 0 aliphatic heterocycles. The summed E-state index contributed by atoms with van der Waals surface area (Å²) in [5.41, 5.74) is 0.573. The molecular formula is C11H12N4O3S3. The lowest BCUT2D eigenvalue weighted by molar-refractivity contribution is 0.0686. The van der Waals surface area contributed by atoms with E-state index in [1.54, 1.807) is 0 Å². The Morgan fingerprint density at radius 2 is 2.10 bits per heavy atom. The van der Waals surface area contributed by atoms with Gasteiger partial charge in [-0.15, -0.1) is 23.5 Å². The highest BCUT2D eigenvalue weighted by Crippen LogP contribution is 2.33. The van der Waals surface area contributed by atoms with Crippen LogP contribution in [0.15, 0.2) is 15.4 Å². The summed E-state index contributed by atoms with van der Waals surface area (Å²) in [6.45, 7) is 0. The second-order valence-electron chi connectivity index (χ2n) is 3.85. The number of nitrogens with zero attached hydrogens (tertiary/aromatic N) is 3. The van der Waals surface area contributed by atoms with Gasteiger partial charge in [-0.2, -0.15) is 9.47 Å². The zero-order valence-corrected chi connectivity index (χ0v) is 13.9. The average molecular weight is 344 g/mol. The molecule has 0 spiro atoms. The van der Waals surface area contributed by atoms with Crippen LogP contribution in [0, 0.1) is 0 Å². The number of aromatic carboxylic acids is 1. The second-order valence-corrected chi connectivity index (χ2v) is 6.49. The van der Waals surface area contributed by atoms with Crippen molar-refractivity contribution in [3.05, 3.63) is 17.5 Å². The van der Waals surface area contributed by atoms with Crippen molar-refractivity contribution in [2.24, 2.45) is 7.05 Å². The Hall–Kier alpha value is -1.52. The highest BCUT2D eigenvalue weighted by molar-refractivity contribution is 8.01. The van der Waals surface area contributed by atoms with Crippen molar-refractivity contribution >= 4 is 52.6 Å². The fraction of sp³-hybridized carbons (Fsp3) is 0.273. The molecule has 0 aromatic carbocycles. The number of anilines is 1. The summed E-state index contributed by atoms with van der Waals surface area (Å²) in [4.78, 5) is 23.6. The third-order valence-electron chi connectivity index (χ3n) is 2.62. The molecule has 0 saturated heterocycles. The van der Waals surface area contributed by atoms with E-state index in [4.69, 9.17) is 5.11 Å². The molecule has 2 aromatic heterocycles. The van der Waals surface area contributed by atoms with Crippen LogP contribution in [-0.4, -0.2) is 43.6 Å². The van der Waals surface area contributed by atoms with Crippen molar-refractivity contribution in [2.75, 3.05) is 17.8 Å². The van der Waals surface area contributed by atoms with E-state index >= 15 is 0 Å². The normalized spacial score (nSPS) is 10.6.